The molecule has 0 atom stereocenters. The van der Waals surface area contributed by atoms with Gasteiger partial charge in [-0.3, -0.25) is 4.99 Å². The number of unbranched alkanes of at least 4 members (excludes halogenated alkanes) is 1. The molecule has 1 rings (SSSR count). The lowest BCUT2D eigenvalue weighted by Crippen LogP contribution is -2.38. The second-order valence-corrected chi connectivity index (χ2v) is 5.61. The third-order valence-electron chi connectivity index (χ3n) is 2.92. The first-order valence-corrected chi connectivity index (χ1v) is 8.81. The first-order valence-electron chi connectivity index (χ1n) is 7.42. The minimum atomic E-state index is 0.904. The standard InChI is InChI=1S/C16H27N3S/c1-3-17-16(18-12-7-8-14-20-2)19-13-11-15-9-5-4-6-10-15/h4-6,9-10H,3,7-8,11-14H2,1-2H3,(H2,17,18,19). The van der Waals surface area contributed by atoms with E-state index in [0.29, 0.717) is 0 Å². The van der Waals surface area contributed by atoms with E-state index < -0.39 is 0 Å². The maximum Gasteiger partial charge on any atom is 0.191 e. The summed E-state index contributed by atoms with van der Waals surface area (Å²) in [5.41, 5.74) is 1.36. The molecular weight excluding hydrogens is 266 g/mol. The van der Waals surface area contributed by atoms with Crippen LogP contribution in [-0.4, -0.2) is 37.6 Å². The van der Waals surface area contributed by atoms with Gasteiger partial charge in [0.05, 0.1) is 0 Å². The molecule has 20 heavy (non-hydrogen) atoms. The third kappa shape index (κ3) is 8.10. The number of rotatable bonds is 9. The van der Waals surface area contributed by atoms with E-state index in [4.69, 9.17) is 0 Å². The van der Waals surface area contributed by atoms with Crippen molar-refractivity contribution in [3.8, 4) is 0 Å². The SMILES string of the molecule is CCNC(=NCCCCSC)NCCc1ccccc1. The number of hydrogen-bond donors (Lipinski definition) is 2. The Hall–Kier alpha value is -1.16. The van der Waals surface area contributed by atoms with Gasteiger partial charge in [-0.15, -0.1) is 0 Å². The molecule has 0 fully saturated rings. The van der Waals surface area contributed by atoms with E-state index in [1.807, 2.05) is 11.8 Å². The normalized spacial score (nSPS) is 11.4. The first kappa shape index (κ1) is 16.9. The Bertz CT molecular complexity index is 365. The molecule has 0 amide bonds. The Labute approximate surface area is 127 Å². The van der Waals surface area contributed by atoms with Crippen LogP contribution in [0.4, 0.5) is 0 Å². The average Bonchev–Trinajstić information content (AvgIpc) is 2.48. The van der Waals surface area contributed by atoms with E-state index in [1.54, 1.807) is 0 Å². The fraction of sp³-hybridized carbons (Fsp3) is 0.562. The van der Waals surface area contributed by atoms with E-state index in [9.17, 15) is 0 Å². The fourth-order valence-electron chi connectivity index (χ4n) is 1.86. The van der Waals surface area contributed by atoms with Gasteiger partial charge >= 0.3 is 0 Å². The van der Waals surface area contributed by atoms with E-state index in [2.05, 4.69) is 59.1 Å². The summed E-state index contributed by atoms with van der Waals surface area (Å²) in [6.45, 7) is 4.83. The van der Waals surface area contributed by atoms with Crippen molar-refractivity contribution in [1.29, 1.82) is 0 Å². The molecule has 0 saturated carbocycles. The molecule has 2 N–H and O–H groups in total. The van der Waals surface area contributed by atoms with Gasteiger partial charge < -0.3 is 10.6 Å². The summed E-state index contributed by atoms with van der Waals surface area (Å²) in [7, 11) is 0. The highest BCUT2D eigenvalue weighted by molar-refractivity contribution is 7.98. The van der Waals surface area contributed by atoms with Gasteiger partial charge in [0.2, 0.25) is 0 Å². The van der Waals surface area contributed by atoms with Crippen molar-refractivity contribution in [3.63, 3.8) is 0 Å². The van der Waals surface area contributed by atoms with Crippen molar-refractivity contribution < 1.29 is 0 Å². The van der Waals surface area contributed by atoms with Gasteiger partial charge in [-0.05, 0) is 43.8 Å². The summed E-state index contributed by atoms with van der Waals surface area (Å²) in [5.74, 6) is 2.17. The van der Waals surface area contributed by atoms with E-state index in [1.165, 1.54) is 17.7 Å². The highest BCUT2D eigenvalue weighted by atomic mass is 32.2. The average molecular weight is 293 g/mol. The highest BCUT2D eigenvalue weighted by Gasteiger charge is 1.97. The minimum absolute atomic E-state index is 0.904. The molecule has 0 spiro atoms. The van der Waals surface area contributed by atoms with Gasteiger partial charge in [-0.2, -0.15) is 11.8 Å². The van der Waals surface area contributed by atoms with Crippen LogP contribution < -0.4 is 10.6 Å². The molecule has 0 unspecified atom stereocenters. The zero-order valence-corrected chi connectivity index (χ0v) is 13.5. The Morgan fingerprint density at radius 3 is 2.65 bits per heavy atom. The third-order valence-corrected chi connectivity index (χ3v) is 3.62. The van der Waals surface area contributed by atoms with Crippen LogP contribution in [0.1, 0.15) is 25.3 Å². The van der Waals surface area contributed by atoms with Crippen LogP contribution in [0.3, 0.4) is 0 Å². The van der Waals surface area contributed by atoms with Gasteiger partial charge in [-0.25, -0.2) is 0 Å². The van der Waals surface area contributed by atoms with Crippen LogP contribution in [-0.2, 0) is 6.42 Å². The molecule has 3 nitrogen and oxygen atoms in total. The lowest BCUT2D eigenvalue weighted by molar-refractivity contribution is 0.771. The lowest BCUT2D eigenvalue weighted by Gasteiger charge is -2.11. The molecule has 0 heterocycles. The largest absolute Gasteiger partial charge is 0.357 e. The lowest BCUT2D eigenvalue weighted by atomic mass is 10.1. The predicted molar refractivity (Wildman–Crippen MR) is 91.7 cm³/mol. The first-order chi connectivity index (χ1) is 9.86. The van der Waals surface area contributed by atoms with E-state index in [0.717, 1.165) is 38.4 Å². The molecule has 0 aliphatic carbocycles. The maximum absolute atomic E-state index is 4.60. The molecule has 1 aromatic rings. The molecule has 0 bridgehead atoms. The van der Waals surface area contributed by atoms with Crippen molar-refractivity contribution >= 4 is 17.7 Å². The quantitative estimate of drug-likeness (QED) is 0.417. The number of hydrogen-bond acceptors (Lipinski definition) is 2. The topological polar surface area (TPSA) is 36.4 Å². The molecule has 112 valence electrons. The van der Waals surface area contributed by atoms with Crippen LogP contribution in [0.25, 0.3) is 0 Å². The van der Waals surface area contributed by atoms with Gasteiger partial charge in [0.1, 0.15) is 0 Å². The molecular formula is C16H27N3S. The van der Waals surface area contributed by atoms with Crippen molar-refractivity contribution in [2.24, 2.45) is 4.99 Å². The van der Waals surface area contributed by atoms with E-state index >= 15 is 0 Å². The molecule has 0 aromatic heterocycles. The molecule has 1 aromatic carbocycles. The van der Waals surface area contributed by atoms with Gasteiger partial charge in [0.25, 0.3) is 0 Å². The molecule has 4 heteroatoms. The van der Waals surface area contributed by atoms with Crippen LogP contribution in [0, 0.1) is 0 Å². The summed E-state index contributed by atoms with van der Waals surface area (Å²) in [5, 5.41) is 6.69. The second kappa shape index (κ2) is 11.6. The van der Waals surface area contributed by atoms with Crippen LogP contribution in [0.15, 0.2) is 35.3 Å². The number of benzene rings is 1. The molecule has 0 aliphatic rings. The zero-order valence-electron chi connectivity index (χ0n) is 12.7. The Morgan fingerprint density at radius 1 is 1.15 bits per heavy atom. The maximum atomic E-state index is 4.60. The summed E-state index contributed by atoms with van der Waals surface area (Å²) < 4.78 is 0. The monoisotopic (exact) mass is 293 g/mol. The number of guanidine groups is 1. The Balaban J connectivity index is 2.25. The molecule has 0 aliphatic heterocycles. The summed E-state index contributed by atoms with van der Waals surface area (Å²) >= 11 is 1.90. The Morgan fingerprint density at radius 2 is 1.95 bits per heavy atom. The minimum Gasteiger partial charge on any atom is -0.357 e. The summed E-state index contributed by atoms with van der Waals surface area (Å²) in [6.07, 6.45) is 5.58. The van der Waals surface area contributed by atoms with Crippen molar-refractivity contribution in [2.75, 3.05) is 31.6 Å². The zero-order chi connectivity index (χ0) is 14.5. The van der Waals surface area contributed by atoms with Crippen molar-refractivity contribution in [1.82, 2.24) is 10.6 Å². The van der Waals surface area contributed by atoms with Crippen LogP contribution in [0.5, 0.6) is 0 Å². The number of nitrogens with one attached hydrogen (secondary N) is 2. The van der Waals surface area contributed by atoms with Crippen molar-refractivity contribution in [3.05, 3.63) is 35.9 Å². The number of aliphatic imine (C=N–C) groups is 1. The van der Waals surface area contributed by atoms with E-state index in [-0.39, 0.29) is 0 Å². The van der Waals surface area contributed by atoms with Gasteiger partial charge in [0, 0.05) is 19.6 Å². The smallest absolute Gasteiger partial charge is 0.191 e. The highest BCUT2D eigenvalue weighted by Crippen LogP contribution is 1.99. The number of thioether (sulfide) groups is 1. The second-order valence-electron chi connectivity index (χ2n) is 4.62. The summed E-state index contributed by atoms with van der Waals surface area (Å²) in [4.78, 5) is 4.60. The van der Waals surface area contributed by atoms with Crippen LogP contribution >= 0.6 is 11.8 Å². The van der Waals surface area contributed by atoms with Gasteiger partial charge in [-0.1, -0.05) is 30.3 Å². The van der Waals surface area contributed by atoms with Crippen molar-refractivity contribution in [2.45, 2.75) is 26.2 Å². The number of nitrogens with zero attached hydrogens (tertiary/aromatic N) is 1. The molecule has 0 saturated heterocycles. The predicted octanol–water partition coefficient (Wildman–Crippen LogP) is 2.93. The van der Waals surface area contributed by atoms with Crippen LogP contribution in [0.2, 0.25) is 0 Å². The fourth-order valence-corrected chi connectivity index (χ4v) is 2.35. The Kier molecular flexibility index (Phi) is 9.84. The summed E-state index contributed by atoms with van der Waals surface area (Å²) in [6, 6.07) is 10.5. The van der Waals surface area contributed by atoms with Gasteiger partial charge in [0.15, 0.2) is 5.96 Å². The molecule has 0 radical (unpaired) electrons.